The van der Waals surface area contributed by atoms with Crippen molar-refractivity contribution in [1.82, 2.24) is 0 Å². The van der Waals surface area contributed by atoms with Crippen LogP contribution in [0.1, 0.15) is 103 Å². The lowest BCUT2D eigenvalue weighted by molar-refractivity contribution is 0.130. The van der Waals surface area contributed by atoms with Crippen LogP contribution >= 0.6 is 11.8 Å². The van der Waals surface area contributed by atoms with E-state index in [1.165, 1.54) is 95.6 Å². The zero-order valence-corrected chi connectivity index (χ0v) is 16.4. The summed E-state index contributed by atoms with van der Waals surface area (Å²) >= 11 is 1.98. The summed E-state index contributed by atoms with van der Waals surface area (Å²) in [6.45, 7) is 4.09. The van der Waals surface area contributed by atoms with Gasteiger partial charge in [0.2, 0.25) is 0 Å². The molecular weight excluding hydrogens is 288 g/mol. The van der Waals surface area contributed by atoms with Crippen molar-refractivity contribution in [3.05, 3.63) is 0 Å². The Bertz CT molecular complexity index is 165. The third-order valence-electron chi connectivity index (χ3n) is 4.24. The molecule has 134 valence electrons. The molecule has 0 heterocycles. The van der Waals surface area contributed by atoms with Crippen LogP contribution < -0.4 is 0 Å². The van der Waals surface area contributed by atoms with Gasteiger partial charge in [-0.2, -0.15) is 11.8 Å². The minimum absolute atomic E-state index is 0.942. The van der Waals surface area contributed by atoms with Crippen molar-refractivity contribution in [2.75, 3.05) is 25.2 Å². The zero-order valence-electron chi connectivity index (χ0n) is 15.5. The van der Waals surface area contributed by atoms with Crippen molar-refractivity contribution in [2.24, 2.45) is 0 Å². The average Bonchev–Trinajstić information content (AvgIpc) is 2.54. The van der Waals surface area contributed by atoms with E-state index in [2.05, 4.69) is 13.2 Å². The van der Waals surface area contributed by atoms with Crippen molar-refractivity contribution >= 4 is 11.8 Å². The van der Waals surface area contributed by atoms with Gasteiger partial charge in [-0.05, 0) is 31.3 Å². The second kappa shape index (κ2) is 21.3. The van der Waals surface area contributed by atoms with E-state index in [1.54, 1.807) is 0 Å². The Kier molecular flexibility index (Phi) is 21.6. The fourth-order valence-electron chi connectivity index (χ4n) is 2.82. The summed E-state index contributed by atoms with van der Waals surface area (Å²) in [5.74, 6) is 1.35. The van der Waals surface area contributed by atoms with Crippen LogP contribution in [0.5, 0.6) is 0 Å². The van der Waals surface area contributed by atoms with Crippen LogP contribution in [0.25, 0.3) is 0 Å². The summed E-state index contributed by atoms with van der Waals surface area (Å²) in [6, 6.07) is 0. The molecule has 0 spiro atoms. The SMILES string of the molecule is CCCOCCCCCCCCCCCCCCCCSC. The van der Waals surface area contributed by atoms with Crippen LogP contribution in [0.4, 0.5) is 0 Å². The van der Waals surface area contributed by atoms with E-state index in [9.17, 15) is 0 Å². The Morgan fingerprint density at radius 3 is 1.36 bits per heavy atom. The van der Waals surface area contributed by atoms with E-state index in [0.717, 1.165) is 19.6 Å². The summed E-state index contributed by atoms with van der Waals surface area (Å²) in [5, 5.41) is 0. The van der Waals surface area contributed by atoms with E-state index < -0.39 is 0 Å². The molecule has 1 nitrogen and oxygen atoms in total. The fraction of sp³-hybridized carbons (Fsp3) is 1.00. The van der Waals surface area contributed by atoms with Crippen molar-refractivity contribution in [3.8, 4) is 0 Å². The lowest BCUT2D eigenvalue weighted by Crippen LogP contribution is -1.95. The largest absolute Gasteiger partial charge is 0.381 e. The van der Waals surface area contributed by atoms with Crippen molar-refractivity contribution in [3.63, 3.8) is 0 Å². The first kappa shape index (κ1) is 22.3. The van der Waals surface area contributed by atoms with Gasteiger partial charge in [0.15, 0.2) is 0 Å². The van der Waals surface area contributed by atoms with Crippen LogP contribution in [0.15, 0.2) is 0 Å². The fourth-order valence-corrected chi connectivity index (χ4v) is 3.31. The molecule has 0 aromatic carbocycles. The predicted octanol–water partition coefficient (Wildman–Crippen LogP) is 7.24. The lowest BCUT2D eigenvalue weighted by Gasteiger charge is -2.04. The number of thioether (sulfide) groups is 1. The maximum absolute atomic E-state index is 5.50. The summed E-state index contributed by atoms with van der Waals surface area (Å²) in [6.07, 6.45) is 23.4. The first-order chi connectivity index (χ1) is 10.9. The number of ether oxygens (including phenoxy) is 1. The third kappa shape index (κ3) is 20.3. The van der Waals surface area contributed by atoms with Crippen LogP contribution in [0.2, 0.25) is 0 Å². The maximum Gasteiger partial charge on any atom is 0.0466 e. The van der Waals surface area contributed by atoms with Crippen LogP contribution in [0, 0.1) is 0 Å². The Hall–Kier alpha value is 0.310. The topological polar surface area (TPSA) is 9.23 Å². The molecule has 0 aromatic rings. The van der Waals surface area contributed by atoms with Crippen LogP contribution in [-0.2, 0) is 4.74 Å². The molecule has 0 amide bonds. The lowest BCUT2D eigenvalue weighted by atomic mass is 10.0. The van der Waals surface area contributed by atoms with Crippen LogP contribution in [-0.4, -0.2) is 25.2 Å². The molecule has 0 atom stereocenters. The zero-order chi connectivity index (χ0) is 16.1. The van der Waals surface area contributed by atoms with E-state index in [-0.39, 0.29) is 0 Å². The molecular formula is C20H42OS. The number of hydrogen-bond acceptors (Lipinski definition) is 2. The van der Waals surface area contributed by atoms with Gasteiger partial charge >= 0.3 is 0 Å². The van der Waals surface area contributed by atoms with Gasteiger partial charge in [0.05, 0.1) is 0 Å². The van der Waals surface area contributed by atoms with Gasteiger partial charge in [-0.3, -0.25) is 0 Å². The first-order valence-corrected chi connectivity index (χ1v) is 11.4. The maximum atomic E-state index is 5.50. The molecule has 0 aromatic heterocycles. The highest BCUT2D eigenvalue weighted by Gasteiger charge is 1.94. The highest BCUT2D eigenvalue weighted by molar-refractivity contribution is 7.98. The van der Waals surface area contributed by atoms with Gasteiger partial charge in [-0.1, -0.05) is 84.0 Å². The van der Waals surface area contributed by atoms with Crippen molar-refractivity contribution in [2.45, 2.75) is 103 Å². The highest BCUT2D eigenvalue weighted by Crippen LogP contribution is 2.13. The van der Waals surface area contributed by atoms with Gasteiger partial charge in [0.25, 0.3) is 0 Å². The molecule has 0 unspecified atom stereocenters. The molecule has 0 radical (unpaired) electrons. The summed E-state index contributed by atoms with van der Waals surface area (Å²) < 4.78 is 5.50. The Morgan fingerprint density at radius 2 is 0.955 bits per heavy atom. The Morgan fingerprint density at radius 1 is 0.545 bits per heavy atom. The second-order valence-electron chi connectivity index (χ2n) is 6.55. The molecule has 2 heteroatoms. The quantitative estimate of drug-likeness (QED) is 0.231. The molecule has 0 N–H and O–H groups in total. The van der Waals surface area contributed by atoms with E-state index in [4.69, 9.17) is 4.74 Å². The van der Waals surface area contributed by atoms with E-state index >= 15 is 0 Å². The molecule has 0 bridgehead atoms. The van der Waals surface area contributed by atoms with Gasteiger partial charge in [0, 0.05) is 13.2 Å². The van der Waals surface area contributed by atoms with Crippen LogP contribution in [0.3, 0.4) is 0 Å². The van der Waals surface area contributed by atoms with E-state index in [1.807, 2.05) is 11.8 Å². The molecule has 0 fully saturated rings. The molecule has 0 saturated heterocycles. The normalized spacial score (nSPS) is 11.2. The predicted molar refractivity (Wildman–Crippen MR) is 104 cm³/mol. The smallest absolute Gasteiger partial charge is 0.0466 e. The molecule has 0 rings (SSSR count). The summed E-state index contributed by atoms with van der Waals surface area (Å²) in [4.78, 5) is 0. The first-order valence-electron chi connectivity index (χ1n) is 9.98. The molecule has 0 aliphatic heterocycles. The highest BCUT2D eigenvalue weighted by atomic mass is 32.2. The molecule has 0 aliphatic carbocycles. The van der Waals surface area contributed by atoms with Gasteiger partial charge < -0.3 is 4.74 Å². The van der Waals surface area contributed by atoms with Crippen molar-refractivity contribution in [1.29, 1.82) is 0 Å². The number of unbranched alkanes of at least 4 members (excludes halogenated alkanes) is 13. The number of rotatable bonds is 19. The summed E-state index contributed by atoms with van der Waals surface area (Å²) in [7, 11) is 0. The molecule has 0 aliphatic rings. The molecule has 22 heavy (non-hydrogen) atoms. The van der Waals surface area contributed by atoms with Gasteiger partial charge in [0.1, 0.15) is 0 Å². The van der Waals surface area contributed by atoms with E-state index in [0.29, 0.717) is 0 Å². The average molecular weight is 331 g/mol. The monoisotopic (exact) mass is 330 g/mol. The van der Waals surface area contributed by atoms with Crippen molar-refractivity contribution < 1.29 is 4.74 Å². The Labute approximate surface area is 145 Å². The summed E-state index contributed by atoms with van der Waals surface area (Å²) in [5.41, 5.74) is 0. The van der Waals surface area contributed by atoms with Gasteiger partial charge in [-0.15, -0.1) is 0 Å². The third-order valence-corrected chi connectivity index (χ3v) is 4.93. The molecule has 0 saturated carbocycles. The minimum Gasteiger partial charge on any atom is -0.381 e. The van der Waals surface area contributed by atoms with Gasteiger partial charge in [-0.25, -0.2) is 0 Å². The standard InChI is InChI=1S/C20H42OS/c1-3-18-21-19-16-14-12-10-8-6-4-5-7-9-11-13-15-17-20-22-2/h3-20H2,1-2H3. The number of hydrogen-bond donors (Lipinski definition) is 0. The minimum atomic E-state index is 0.942. The Balaban J connectivity index is 2.91. The second-order valence-corrected chi connectivity index (χ2v) is 7.54.